The van der Waals surface area contributed by atoms with Gasteiger partial charge < -0.3 is 4.74 Å². The predicted octanol–water partition coefficient (Wildman–Crippen LogP) is 2.28. The van der Waals surface area contributed by atoms with E-state index in [-0.39, 0.29) is 24.1 Å². The zero-order chi connectivity index (χ0) is 22.3. The van der Waals surface area contributed by atoms with Crippen LogP contribution < -0.4 is 11.2 Å². The fraction of sp³-hybridized carbons (Fsp3) is 0.706. The quantitative estimate of drug-likeness (QED) is 0.382. The van der Waals surface area contributed by atoms with E-state index in [9.17, 15) is 18.9 Å². The van der Waals surface area contributed by atoms with Crippen molar-refractivity contribution in [2.75, 3.05) is 19.0 Å². The van der Waals surface area contributed by atoms with Gasteiger partial charge >= 0.3 is 13.5 Å². The van der Waals surface area contributed by atoms with E-state index in [1.807, 2.05) is 20.8 Å². The molecule has 0 bridgehead atoms. The summed E-state index contributed by atoms with van der Waals surface area (Å²) < 4.78 is 36.0. The smallest absolute Gasteiger partial charge is 0.347 e. The van der Waals surface area contributed by atoms with Crippen LogP contribution in [0.4, 0.5) is 0 Å². The molecule has 0 spiro atoms. The summed E-state index contributed by atoms with van der Waals surface area (Å²) in [7, 11) is -3.94. The molecule has 0 saturated carbocycles. The lowest BCUT2D eigenvalue weighted by Gasteiger charge is -2.34. The monoisotopic (exact) mass is 482 g/mol. The second kappa shape index (κ2) is 8.54. The predicted molar refractivity (Wildman–Crippen MR) is 111 cm³/mol. The first kappa shape index (κ1) is 23.7. The Morgan fingerprint density at radius 1 is 1.47 bits per heavy atom. The minimum absolute atomic E-state index is 0.0124. The number of hydrogen-bond donors (Lipinski definition) is 1. The second-order valence-electron chi connectivity index (χ2n) is 8.18. The lowest BCUT2D eigenvalue weighted by atomic mass is 10.00. The summed E-state index contributed by atoms with van der Waals surface area (Å²) in [5.41, 5.74) is -1.74. The van der Waals surface area contributed by atoms with Gasteiger partial charge in [-0.3, -0.25) is 32.7 Å². The zero-order valence-corrected chi connectivity index (χ0v) is 19.4. The minimum Gasteiger partial charge on any atom is -0.347 e. The number of alkyl halides is 1. The molecular formula is C17H24ClN2O8PS. The van der Waals surface area contributed by atoms with Crippen LogP contribution in [0.15, 0.2) is 21.9 Å². The Bertz CT molecular complexity index is 971. The molecule has 3 rings (SSSR count). The van der Waals surface area contributed by atoms with Gasteiger partial charge in [0.2, 0.25) is 0 Å². The molecule has 1 unspecified atom stereocenters. The van der Waals surface area contributed by atoms with Gasteiger partial charge in [0.05, 0.1) is 13.2 Å². The Morgan fingerprint density at radius 3 is 2.80 bits per heavy atom. The maximum Gasteiger partial charge on any atom is 0.475 e. The summed E-state index contributed by atoms with van der Waals surface area (Å²) in [5, 5.41) is -0.0124. The van der Waals surface area contributed by atoms with Crippen molar-refractivity contribution in [3.8, 4) is 0 Å². The number of fused-ring (bicyclic) bond motifs is 1. The van der Waals surface area contributed by atoms with Gasteiger partial charge in [-0.1, -0.05) is 32.5 Å². The van der Waals surface area contributed by atoms with E-state index in [0.717, 1.165) is 16.3 Å². The number of phosphoric acid groups is 1. The Balaban J connectivity index is 1.66. The Kier molecular flexibility index (Phi) is 6.75. The summed E-state index contributed by atoms with van der Waals surface area (Å²) in [6, 6.07) is 1.17. The number of thioether (sulfide) groups is 1. The highest BCUT2D eigenvalue weighted by Crippen LogP contribution is 2.59. The maximum atomic E-state index is 12.9. The molecule has 1 aromatic rings. The molecule has 0 amide bonds. The average Bonchev–Trinajstić information content (AvgIpc) is 2.88. The molecule has 2 aliphatic rings. The summed E-state index contributed by atoms with van der Waals surface area (Å²) >= 11 is 7.73. The van der Waals surface area contributed by atoms with E-state index in [1.54, 1.807) is 6.92 Å². The van der Waals surface area contributed by atoms with Crippen molar-refractivity contribution in [3.63, 3.8) is 0 Å². The minimum atomic E-state index is -3.94. The molecule has 168 valence electrons. The normalized spacial score (nSPS) is 34.0. The number of nitrogens with one attached hydrogen (secondary N) is 1. The first-order valence-corrected chi connectivity index (χ1v) is 12.1. The number of carbonyl (C=O) groups excluding carboxylic acids is 1. The first-order chi connectivity index (χ1) is 13.8. The Labute approximate surface area is 182 Å². The molecule has 2 aliphatic heterocycles. The molecule has 0 aliphatic carbocycles. The molecule has 3 heterocycles. The van der Waals surface area contributed by atoms with Gasteiger partial charge in [0, 0.05) is 23.4 Å². The van der Waals surface area contributed by atoms with Crippen LogP contribution in [-0.2, 0) is 27.7 Å². The van der Waals surface area contributed by atoms with Crippen molar-refractivity contribution in [1.82, 2.24) is 9.55 Å². The molecule has 0 aromatic carbocycles. The van der Waals surface area contributed by atoms with Gasteiger partial charge in [-0.25, -0.2) is 9.36 Å². The van der Waals surface area contributed by atoms with Crippen LogP contribution >= 0.6 is 31.2 Å². The van der Waals surface area contributed by atoms with Crippen LogP contribution in [0.1, 0.15) is 33.9 Å². The SMILES string of the molecule is CC(C)(C)C(=O)SCCOP1(=O)OC[C@H]2O[C@@H](n3ccc(=O)[nH]c3=O)[C@](C)(Cl)[C@@H]2O1. The first-order valence-electron chi connectivity index (χ1n) is 9.24. The van der Waals surface area contributed by atoms with Crippen LogP contribution in [0.5, 0.6) is 0 Å². The van der Waals surface area contributed by atoms with Gasteiger partial charge in [-0.05, 0) is 6.92 Å². The molecule has 1 N–H and O–H groups in total. The number of nitrogens with zero attached hydrogens (tertiary/aromatic N) is 1. The summed E-state index contributed by atoms with van der Waals surface area (Å²) in [6.07, 6.45) is -1.32. The number of halogens is 1. The van der Waals surface area contributed by atoms with Gasteiger partial charge in [0.25, 0.3) is 5.56 Å². The second-order valence-corrected chi connectivity index (χ2v) is 11.7. The fourth-order valence-electron chi connectivity index (χ4n) is 3.02. The number of aromatic nitrogens is 2. The number of rotatable bonds is 5. The highest BCUT2D eigenvalue weighted by molar-refractivity contribution is 8.13. The zero-order valence-electron chi connectivity index (χ0n) is 17.0. The van der Waals surface area contributed by atoms with Gasteiger partial charge in [-0.15, -0.1) is 11.6 Å². The lowest BCUT2D eigenvalue weighted by molar-refractivity contribution is -0.117. The van der Waals surface area contributed by atoms with Crippen molar-refractivity contribution < 1.29 is 27.7 Å². The summed E-state index contributed by atoms with van der Waals surface area (Å²) in [4.78, 5) is 36.2. The largest absolute Gasteiger partial charge is 0.475 e. The average molecular weight is 483 g/mol. The molecule has 10 nitrogen and oxygen atoms in total. The number of carbonyl (C=O) groups is 1. The lowest BCUT2D eigenvalue weighted by Crippen LogP contribution is -2.45. The molecule has 30 heavy (non-hydrogen) atoms. The Morgan fingerprint density at radius 2 is 2.17 bits per heavy atom. The standard InChI is InChI=1S/C17H24ClN2O8PS/c1-16(2,3)14(22)30-8-7-25-29(24)26-9-10-12(28-29)17(4,18)13(27-10)20-6-5-11(21)19-15(20)23/h5-6,10,12-13H,7-9H2,1-4H3,(H,19,21,23)/t10-,12-,13-,17-,29?/m1/s1. The van der Waals surface area contributed by atoms with Crippen LogP contribution in [0.3, 0.4) is 0 Å². The number of phosphoric ester groups is 1. The molecule has 2 saturated heterocycles. The van der Waals surface area contributed by atoms with Crippen LogP contribution in [0.2, 0.25) is 0 Å². The van der Waals surface area contributed by atoms with E-state index < -0.39 is 47.8 Å². The highest BCUT2D eigenvalue weighted by Gasteiger charge is 2.60. The Hall–Kier alpha value is -0.940. The van der Waals surface area contributed by atoms with Gasteiger partial charge in [0.15, 0.2) is 11.3 Å². The van der Waals surface area contributed by atoms with E-state index in [1.165, 1.54) is 12.3 Å². The van der Waals surface area contributed by atoms with Crippen molar-refractivity contribution in [2.45, 2.75) is 51.0 Å². The van der Waals surface area contributed by atoms with Crippen molar-refractivity contribution >= 4 is 36.3 Å². The van der Waals surface area contributed by atoms with E-state index in [2.05, 4.69) is 4.98 Å². The number of aromatic amines is 1. The van der Waals surface area contributed by atoms with Crippen LogP contribution in [0.25, 0.3) is 0 Å². The fourth-order valence-corrected chi connectivity index (χ4v) is 5.81. The maximum absolute atomic E-state index is 12.9. The van der Waals surface area contributed by atoms with Crippen molar-refractivity contribution in [1.29, 1.82) is 0 Å². The number of ether oxygens (including phenoxy) is 1. The van der Waals surface area contributed by atoms with Crippen molar-refractivity contribution in [3.05, 3.63) is 33.1 Å². The van der Waals surface area contributed by atoms with Gasteiger partial charge in [-0.2, -0.15) is 0 Å². The summed E-state index contributed by atoms with van der Waals surface area (Å²) in [6.45, 7) is 6.87. The van der Waals surface area contributed by atoms with E-state index in [4.69, 9.17) is 29.9 Å². The van der Waals surface area contributed by atoms with Crippen molar-refractivity contribution in [2.24, 2.45) is 5.41 Å². The molecule has 13 heteroatoms. The molecule has 2 fully saturated rings. The number of H-pyrrole nitrogens is 1. The highest BCUT2D eigenvalue weighted by atomic mass is 35.5. The number of hydrogen-bond acceptors (Lipinski definition) is 9. The van der Waals surface area contributed by atoms with Gasteiger partial charge in [0.1, 0.15) is 17.1 Å². The van der Waals surface area contributed by atoms with Crippen LogP contribution in [-0.4, -0.2) is 50.7 Å². The third kappa shape index (κ3) is 4.93. The van der Waals surface area contributed by atoms with E-state index >= 15 is 0 Å². The topological polar surface area (TPSA) is 126 Å². The van der Waals surface area contributed by atoms with E-state index in [0.29, 0.717) is 0 Å². The van der Waals surface area contributed by atoms with Crippen LogP contribution in [0, 0.1) is 5.41 Å². The molecule has 5 atom stereocenters. The molecular weight excluding hydrogens is 459 g/mol. The summed E-state index contributed by atoms with van der Waals surface area (Å²) in [5.74, 6) is 0.283. The third-order valence-electron chi connectivity index (χ3n) is 4.60. The molecule has 1 aromatic heterocycles. The molecule has 0 radical (unpaired) electrons. The third-order valence-corrected chi connectivity index (χ3v) is 7.70.